The van der Waals surface area contributed by atoms with Crippen LogP contribution in [0.3, 0.4) is 0 Å². The van der Waals surface area contributed by atoms with Crippen LogP contribution in [0.2, 0.25) is 0 Å². The molecular formula is C9H16N4O. The molecular weight excluding hydrogens is 180 g/mol. The predicted octanol–water partition coefficient (Wildman–Crippen LogP) is 0.976. The molecule has 5 heteroatoms. The van der Waals surface area contributed by atoms with Crippen molar-refractivity contribution in [2.45, 2.75) is 34.2 Å². The highest BCUT2D eigenvalue weighted by Gasteiger charge is 2.14. The van der Waals surface area contributed by atoms with Crippen LogP contribution in [-0.4, -0.2) is 19.8 Å². The second-order valence-corrected chi connectivity index (χ2v) is 4.41. The molecule has 78 valence electrons. The van der Waals surface area contributed by atoms with Gasteiger partial charge in [-0.2, -0.15) is 9.36 Å². The molecule has 0 N–H and O–H groups in total. The maximum atomic E-state index is 11.6. The topological polar surface area (TPSA) is 52.7 Å². The second-order valence-electron chi connectivity index (χ2n) is 4.41. The lowest BCUT2D eigenvalue weighted by Crippen LogP contribution is -2.28. The predicted molar refractivity (Wildman–Crippen MR) is 54.7 cm³/mol. The first-order valence-corrected chi connectivity index (χ1v) is 4.59. The quantitative estimate of drug-likeness (QED) is 0.708. The van der Waals surface area contributed by atoms with E-state index in [-0.39, 0.29) is 11.1 Å². The molecule has 0 atom stereocenters. The lowest BCUT2D eigenvalue weighted by molar-refractivity contribution is 0.316. The summed E-state index contributed by atoms with van der Waals surface area (Å²) in [7, 11) is 0. The average molecular weight is 196 g/mol. The third-order valence-electron chi connectivity index (χ3n) is 1.58. The number of rotatable bonds is 2. The van der Waals surface area contributed by atoms with Crippen LogP contribution < -0.4 is 5.69 Å². The van der Waals surface area contributed by atoms with E-state index in [0.29, 0.717) is 6.54 Å². The van der Waals surface area contributed by atoms with Gasteiger partial charge in [0.05, 0.1) is 6.54 Å². The van der Waals surface area contributed by atoms with Crippen LogP contribution in [0.1, 0.15) is 27.7 Å². The molecule has 0 fully saturated rings. The van der Waals surface area contributed by atoms with E-state index in [0.717, 1.165) is 0 Å². The van der Waals surface area contributed by atoms with E-state index >= 15 is 0 Å². The third-order valence-corrected chi connectivity index (χ3v) is 1.58. The van der Waals surface area contributed by atoms with E-state index in [9.17, 15) is 4.79 Å². The maximum Gasteiger partial charge on any atom is 0.367 e. The van der Waals surface area contributed by atoms with Gasteiger partial charge in [0.15, 0.2) is 0 Å². The average Bonchev–Trinajstić information content (AvgIpc) is 2.34. The van der Waals surface area contributed by atoms with Gasteiger partial charge in [0, 0.05) is 6.20 Å². The Kier molecular flexibility index (Phi) is 2.88. The first-order chi connectivity index (χ1) is 6.44. The van der Waals surface area contributed by atoms with Gasteiger partial charge in [-0.1, -0.05) is 26.8 Å². The summed E-state index contributed by atoms with van der Waals surface area (Å²) in [6.07, 6.45) is 3.34. The fourth-order valence-corrected chi connectivity index (χ4v) is 1.07. The number of tetrazole rings is 1. The largest absolute Gasteiger partial charge is 0.367 e. The van der Waals surface area contributed by atoms with E-state index in [2.05, 4.69) is 10.4 Å². The molecule has 0 amide bonds. The fraction of sp³-hybridized carbons (Fsp3) is 0.667. The van der Waals surface area contributed by atoms with Crippen molar-refractivity contribution in [1.82, 2.24) is 19.8 Å². The second kappa shape index (κ2) is 3.77. The van der Waals surface area contributed by atoms with Gasteiger partial charge in [-0.25, -0.2) is 4.79 Å². The van der Waals surface area contributed by atoms with Crippen LogP contribution >= 0.6 is 0 Å². The first-order valence-electron chi connectivity index (χ1n) is 4.59. The van der Waals surface area contributed by atoms with Gasteiger partial charge >= 0.3 is 5.69 Å². The summed E-state index contributed by atoms with van der Waals surface area (Å²) in [4.78, 5) is 11.6. The van der Waals surface area contributed by atoms with Crippen molar-refractivity contribution >= 4 is 6.20 Å². The van der Waals surface area contributed by atoms with Crippen molar-refractivity contribution in [1.29, 1.82) is 0 Å². The Labute approximate surface area is 83.0 Å². The zero-order chi connectivity index (χ0) is 10.8. The summed E-state index contributed by atoms with van der Waals surface area (Å²) in [5.74, 6) is 0. The van der Waals surface area contributed by atoms with Gasteiger partial charge in [-0.05, 0) is 22.8 Å². The molecule has 0 radical (unpaired) electrons. The summed E-state index contributed by atoms with van der Waals surface area (Å²) in [5, 5.41) is 7.51. The highest BCUT2D eigenvalue weighted by atomic mass is 16.2. The number of hydrogen-bond acceptors (Lipinski definition) is 3. The Morgan fingerprint density at radius 2 is 2.00 bits per heavy atom. The molecule has 0 aliphatic heterocycles. The molecule has 0 aliphatic carbocycles. The zero-order valence-electron chi connectivity index (χ0n) is 9.06. The number of allylic oxidation sites excluding steroid dienone is 1. The van der Waals surface area contributed by atoms with Gasteiger partial charge in [0.1, 0.15) is 0 Å². The van der Waals surface area contributed by atoms with E-state index in [1.165, 1.54) is 9.36 Å². The van der Waals surface area contributed by atoms with Crippen molar-refractivity contribution in [2.24, 2.45) is 5.41 Å². The number of hydrogen-bond donors (Lipinski definition) is 0. The summed E-state index contributed by atoms with van der Waals surface area (Å²) < 4.78 is 2.60. The molecule has 0 aromatic carbocycles. The van der Waals surface area contributed by atoms with E-state index in [1.807, 2.05) is 27.7 Å². The number of aromatic nitrogens is 4. The minimum absolute atomic E-state index is 0.0284. The molecule has 1 heterocycles. The van der Waals surface area contributed by atoms with Crippen LogP contribution in [0.5, 0.6) is 0 Å². The Bertz CT molecular complexity index is 380. The highest BCUT2D eigenvalue weighted by molar-refractivity contribution is 5.15. The van der Waals surface area contributed by atoms with E-state index < -0.39 is 0 Å². The van der Waals surface area contributed by atoms with Crippen molar-refractivity contribution in [2.75, 3.05) is 0 Å². The van der Waals surface area contributed by atoms with Crippen molar-refractivity contribution in [3.8, 4) is 0 Å². The lowest BCUT2D eigenvalue weighted by Gasteiger charge is -2.15. The molecule has 14 heavy (non-hydrogen) atoms. The first kappa shape index (κ1) is 10.7. The molecule has 0 unspecified atom stereocenters. The Hall–Kier alpha value is -1.39. The summed E-state index contributed by atoms with van der Waals surface area (Å²) in [6.45, 7) is 8.55. The molecule has 0 saturated carbocycles. The maximum absolute atomic E-state index is 11.6. The molecule has 0 aliphatic rings. The van der Waals surface area contributed by atoms with Gasteiger partial charge < -0.3 is 0 Å². The van der Waals surface area contributed by atoms with Gasteiger partial charge in [-0.15, -0.1) is 0 Å². The summed E-state index contributed by atoms with van der Waals surface area (Å²) in [6, 6.07) is 0. The van der Waals surface area contributed by atoms with Gasteiger partial charge in [-0.3, -0.25) is 0 Å². The van der Waals surface area contributed by atoms with Crippen molar-refractivity contribution in [3.05, 3.63) is 16.6 Å². The SMILES string of the molecule is C/C=C/n1nnn(CC(C)(C)C)c1=O. The minimum atomic E-state index is -0.196. The molecule has 5 nitrogen and oxygen atoms in total. The van der Waals surface area contributed by atoms with Crippen LogP contribution in [0, 0.1) is 5.41 Å². The molecule has 1 rings (SSSR count). The Morgan fingerprint density at radius 1 is 1.36 bits per heavy atom. The van der Waals surface area contributed by atoms with Crippen molar-refractivity contribution < 1.29 is 0 Å². The van der Waals surface area contributed by atoms with Gasteiger partial charge in [0.2, 0.25) is 0 Å². The van der Waals surface area contributed by atoms with Crippen LogP contribution in [0.15, 0.2) is 10.9 Å². The lowest BCUT2D eigenvalue weighted by atomic mass is 9.97. The van der Waals surface area contributed by atoms with Gasteiger partial charge in [0.25, 0.3) is 0 Å². The van der Waals surface area contributed by atoms with E-state index in [4.69, 9.17) is 0 Å². The standard InChI is InChI=1S/C9H16N4O/c1-5-6-12-8(14)13(11-10-12)7-9(2,3)4/h5-6H,7H2,1-4H3/b6-5+. The fourth-order valence-electron chi connectivity index (χ4n) is 1.07. The smallest absolute Gasteiger partial charge is 0.244 e. The molecule has 1 aromatic heterocycles. The van der Waals surface area contributed by atoms with E-state index in [1.54, 1.807) is 12.3 Å². The molecule has 0 bridgehead atoms. The Balaban J connectivity index is 2.97. The molecule has 0 spiro atoms. The zero-order valence-corrected chi connectivity index (χ0v) is 9.06. The summed E-state index contributed by atoms with van der Waals surface area (Å²) in [5.41, 5.74) is -0.168. The number of nitrogens with zero attached hydrogens (tertiary/aromatic N) is 4. The third kappa shape index (κ3) is 2.55. The highest BCUT2D eigenvalue weighted by Crippen LogP contribution is 2.13. The van der Waals surface area contributed by atoms with Crippen molar-refractivity contribution in [3.63, 3.8) is 0 Å². The monoisotopic (exact) mass is 196 g/mol. The summed E-state index contributed by atoms with van der Waals surface area (Å²) >= 11 is 0. The van der Waals surface area contributed by atoms with Crippen LogP contribution in [0.4, 0.5) is 0 Å². The van der Waals surface area contributed by atoms with Crippen LogP contribution in [-0.2, 0) is 6.54 Å². The molecule has 1 aromatic rings. The molecule has 0 saturated heterocycles. The van der Waals surface area contributed by atoms with Crippen LogP contribution in [0.25, 0.3) is 6.20 Å². The Morgan fingerprint density at radius 3 is 2.50 bits per heavy atom. The normalized spacial score (nSPS) is 12.6. The minimum Gasteiger partial charge on any atom is -0.244 e.